The minimum atomic E-state index is -1.26. The summed E-state index contributed by atoms with van der Waals surface area (Å²) in [7, 11) is 1.38. The predicted octanol–water partition coefficient (Wildman–Crippen LogP) is 0.308. The monoisotopic (exact) mass is 400 g/mol. The van der Waals surface area contributed by atoms with E-state index in [4.69, 9.17) is 9.47 Å². The van der Waals surface area contributed by atoms with Crippen molar-refractivity contribution in [3.05, 3.63) is 71.8 Å². The number of amides is 2. The molecule has 1 aliphatic heterocycles. The van der Waals surface area contributed by atoms with Crippen LogP contribution in [0.1, 0.15) is 20.7 Å². The van der Waals surface area contributed by atoms with Gasteiger partial charge in [-0.25, -0.2) is 0 Å². The second kappa shape index (κ2) is 9.62. The van der Waals surface area contributed by atoms with Crippen LogP contribution in [0.3, 0.4) is 0 Å². The topological polar surface area (TPSA) is 117 Å². The van der Waals surface area contributed by atoms with Crippen LogP contribution in [0.15, 0.2) is 60.7 Å². The van der Waals surface area contributed by atoms with E-state index in [9.17, 15) is 19.8 Å². The van der Waals surface area contributed by atoms with Crippen LogP contribution in [-0.2, 0) is 9.47 Å². The molecule has 0 saturated carbocycles. The van der Waals surface area contributed by atoms with Gasteiger partial charge in [0, 0.05) is 18.2 Å². The smallest absolute Gasteiger partial charge is 0.251 e. The van der Waals surface area contributed by atoms with E-state index in [2.05, 4.69) is 10.6 Å². The minimum absolute atomic E-state index is 0.397. The van der Waals surface area contributed by atoms with Gasteiger partial charge in [0.05, 0.1) is 12.6 Å². The second-order valence-corrected chi connectivity index (χ2v) is 6.68. The predicted molar refractivity (Wildman–Crippen MR) is 104 cm³/mol. The van der Waals surface area contributed by atoms with Gasteiger partial charge in [-0.2, -0.15) is 0 Å². The Morgan fingerprint density at radius 2 is 1.41 bits per heavy atom. The highest BCUT2D eigenvalue weighted by atomic mass is 16.7. The van der Waals surface area contributed by atoms with Crippen LogP contribution in [0.2, 0.25) is 0 Å². The van der Waals surface area contributed by atoms with E-state index in [-0.39, 0.29) is 0 Å². The average molecular weight is 400 g/mol. The molecule has 1 heterocycles. The number of nitrogens with one attached hydrogen (secondary N) is 2. The number of carbonyl (C=O) groups is 2. The molecule has 0 aromatic heterocycles. The zero-order valence-corrected chi connectivity index (χ0v) is 15.9. The Hall–Kier alpha value is -2.78. The number of aliphatic hydroxyl groups is 2. The van der Waals surface area contributed by atoms with Gasteiger partial charge in [0.1, 0.15) is 18.2 Å². The molecule has 0 bridgehead atoms. The zero-order chi connectivity index (χ0) is 20.8. The Labute approximate surface area is 168 Å². The second-order valence-electron chi connectivity index (χ2n) is 6.68. The van der Waals surface area contributed by atoms with E-state index in [0.717, 1.165) is 0 Å². The fourth-order valence-electron chi connectivity index (χ4n) is 3.29. The first-order valence-electron chi connectivity index (χ1n) is 9.24. The molecular weight excluding hydrogens is 376 g/mol. The fourth-order valence-corrected chi connectivity index (χ4v) is 3.29. The SMILES string of the molecule is CO[C@@H]1O[C@H](CO)[C@@H](O)[C@H](NC(=O)c2ccccc2)[C@H]1NC(=O)c1ccccc1. The quantitative estimate of drug-likeness (QED) is 0.554. The summed E-state index contributed by atoms with van der Waals surface area (Å²) < 4.78 is 10.9. The van der Waals surface area contributed by atoms with Crippen LogP contribution >= 0.6 is 0 Å². The summed E-state index contributed by atoms with van der Waals surface area (Å²) in [4.78, 5) is 25.3. The number of hydrogen-bond donors (Lipinski definition) is 4. The van der Waals surface area contributed by atoms with Gasteiger partial charge < -0.3 is 30.3 Å². The third kappa shape index (κ3) is 4.80. The molecule has 8 heteroatoms. The van der Waals surface area contributed by atoms with Gasteiger partial charge in [-0.3, -0.25) is 9.59 Å². The third-order valence-corrected chi connectivity index (χ3v) is 4.82. The lowest BCUT2D eigenvalue weighted by Gasteiger charge is -2.44. The Balaban J connectivity index is 1.85. The molecule has 0 radical (unpaired) electrons. The standard InChI is InChI=1S/C21H24N2O6/c1-28-21-17(23-20(27)14-10-6-3-7-11-14)16(18(25)15(12-24)29-21)22-19(26)13-8-4-2-5-9-13/h2-11,15-18,21,24-25H,12H2,1H3,(H,22,26)(H,23,27)/t15-,16-,17-,18-,21-/m1/s1. The van der Waals surface area contributed by atoms with Crippen molar-refractivity contribution in [2.75, 3.05) is 13.7 Å². The number of ether oxygens (including phenoxy) is 2. The highest BCUT2D eigenvalue weighted by Crippen LogP contribution is 2.23. The van der Waals surface area contributed by atoms with E-state index >= 15 is 0 Å². The number of benzene rings is 2. The van der Waals surface area contributed by atoms with Crippen LogP contribution in [0.25, 0.3) is 0 Å². The molecule has 0 aliphatic carbocycles. The molecule has 3 rings (SSSR count). The van der Waals surface area contributed by atoms with Crippen molar-refractivity contribution < 1.29 is 29.3 Å². The summed E-state index contributed by atoms with van der Waals surface area (Å²) in [6.07, 6.45) is -3.23. The molecule has 2 amide bonds. The number of carbonyl (C=O) groups excluding carboxylic acids is 2. The van der Waals surface area contributed by atoms with Crippen LogP contribution in [0.4, 0.5) is 0 Å². The van der Waals surface area contributed by atoms with E-state index in [0.29, 0.717) is 11.1 Å². The summed E-state index contributed by atoms with van der Waals surface area (Å²) in [5.41, 5.74) is 0.808. The molecule has 8 nitrogen and oxygen atoms in total. The molecule has 2 aromatic rings. The van der Waals surface area contributed by atoms with Gasteiger partial charge in [-0.1, -0.05) is 36.4 Å². The summed E-state index contributed by atoms with van der Waals surface area (Å²) in [5, 5.41) is 25.8. The average Bonchev–Trinajstić information content (AvgIpc) is 2.77. The lowest BCUT2D eigenvalue weighted by molar-refractivity contribution is -0.238. The van der Waals surface area contributed by atoms with E-state index in [1.807, 2.05) is 0 Å². The first-order chi connectivity index (χ1) is 14.0. The molecule has 1 saturated heterocycles. The molecule has 29 heavy (non-hydrogen) atoms. The van der Waals surface area contributed by atoms with Crippen molar-refractivity contribution in [2.24, 2.45) is 0 Å². The number of rotatable bonds is 6. The van der Waals surface area contributed by atoms with Crippen LogP contribution < -0.4 is 10.6 Å². The summed E-state index contributed by atoms with van der Waals surface area (Å²) in [5.74, 6) is -0.836. The lowest BCUT2D eigenvalue weighted by atomic mass is 9.93. The first-order valence-corrected chi connectivity index (χ1v) is 9.24. The highest BCUT2D eigenvalue weighted by molar-refractivity contribution is 5.95. The molecule has 0 unspecified atom stereocenters. The van der Waals surface area contributed by atoms with Gasteiger partial charge in [0.2, 0.25) is 0 Å². The summed E-state index contributed by atoms with van der Waals surface area (Å²) in [6.45, 7) is -0.474. The molecule has 1 aliphatic rings. The van der Waals surface area contributed by atoms with Crippen molar-refractivity contribution in [1.29, 1.82) is 0 Å². The summed E-state index contributed by atoms with van der Waals surface area (Å²) in [6, 6.07) is 15.2. The largest absolute Gasteiger partial charge is 0.394 e. The highest BCUT2D eigenvalue weighted by Gasteiger charge is 2.46. The Morgan fingerprint density at radius 3 is 1.86 bits per heavy atom. The normalized spacial score (nSPS) is 26.5. The van der Waals surface area contributed by atoms with Crippen molar-refractivity contribution in [3.8, 4) is 0 Å². The van der Waals surface area contributed by atoms with Crippen LogP contribution in [0, 0.1) is 0 Å². The minimum Gasteiger partial charge on any atom is -0.394 e. The van der Waals surface area contributed by atoms with Gasteiger partial charge in [0.25, 0.3) is 11.8 Å². The van der Waals surface area contributed by atoms with Gasteiger partial charge in [-0.05, 0) is 24.3 Å². The fraction of sp³-hybridized carbons (Fsp3) is 0.333. The Bertz CT molecular complexity index is 816. The van der Waals surface area contributed by atoms with E-state index in [1.165, 1.54) is 7.11 Å². The van der Waals surface area contributed by atoms with E-state index in [1.54, 1.807) is 60.7 Å². The third-order valence-electron chi connectivity index (χ3n) is 4.82. The molecule has 5 atom stereocenters. The maximum Gasteiger partial charge on any atom is 0.251 e. The first kappa shape index (κ1) is 20.9. The van der Waals surface area contributed by atoms with Crippen LogP contribution in [0.5, 0.6) is 0 Å². The molecule has 2 aromatic carbocycles. The van der Waals surface area contributed by atoms with Crippen molar-refractivity contribution in [3.63, 3.8) is 0 Å². The molecule has 4 N–H and O–H groups in total. The maximum atomic E-state index is 12.7. The number of hydrogen-bond acceptors (Lipinski definition) is 6. The summed E-state index contributed by atoms with van der Waals surface area (Å²) >= 11 is 0. The Morgan fingerprint density at radius 1 is 0.931 bits per heavy atom. The van der Waals surface area contributed by atoms with Gasteiger partial charge in [-0.15, -0.1) is 0 Å². The number of methoxy groups -OCH3 is 1. The maximum absolute atomic E-state index is 12.7. The lowest BCUT2D eigenvalue weighted by Crippen LogP contribution is -2.69. The van der Waals surface area contributed by atoms with Crippen molar-refractivity contribution in [1.82, 2.24) is 10.6 Å². The molecule has 1 fully saturated rings. The van der Waals surface area contributed by atoms with Crippen molar-refractivity contribution >= 4 is 11.8 Å². The molecule has 154 valence electrons. The van der Waals surface area contributed by atoms with Gasteiger partial charge >= 0.3 is 0 Å². The zero-order valence-electron chi connectivity index (χ0n) is 15.9. The van der Waals surface area contributed by atoms with E-state index < -0.39 is 49.0 Å². The molecular formula is C21H24N2O6. The van der Waals surface area contributed by atoms with Crippen molar-refractivity contribution in [2.45, 2.75) is 30.6 Å². The number of aliphatic hydroxyl groups excluding tert-OH is 2. The molecule has 0 spiro atoms. The Kier molecular flexibility index (Phi) is 6.95. The van der Waals surface area contributed by atoms with Crippen LogP contribution in [-0.4, -0.2) is 66.3 Å². The van der Waals surface area contributed by atoms with Gasteiger partial charge in [0.15, 0.2) is 6.29 Å².